The van der Waals surface area contributed by atoms with Crippen LogP contribution in [-0.4, -0.2) is 23.1 Å². The zero-order valence-corrected chi connectivity index (χ0v) is 14.3. The van der Waals surface area contributed by atoms with E-state index >= 15 is 0 Å². The van der Waals surface area contributed by atoms with Crippen LogP contribution in [0.3, 0.4) is 0 Å². The normalized spacial score (nSPS) is 10.5. The van der Waals surface area contributed by atoms with Crippen LogP contribution in [0.25, 0.3) is 0 Å². The molecule has 0 aliphatic rings. The molecule has 0 spiro atoms. The third-order valence-electron chi connectivity index (χ3n) is 3.72. The van der Waals surface area contributed by atoms with Gasteiger partial charge >= 0.3 is 0 Å². The average Bonchev–Trinajstić information content (AvgIpc) is 2.56. The van der Waals surface area contributed by atoms with Gasteiger partial charge in [0.1, 0.15) is 17.5 Å². The quantitative estimate of drug-likeness (QED) is 0.637. The van der Waals surface area contributed by atoms with Crippen LogP contribution in [0.2, 0.25) is 0 Å². The van der Waals surface area contributed by atoms with Gasteiger partial charge in [-0.2, -0.15) is 0 Å². The molecule has 0 saturated carbocycles. The Morgan fingerprint density at radius 3 is 2.17 bits per heavy atom. The van der Waals surface area contributed by atoms with Crippen molar-refractivity contribution in [1.29, 1.82) is 0 Å². The van der Waals surface area contributed by atoms with Crippen LogP contribution in [-0.2, 0) is 6.42 Å². The average molecular weight is 312 g/mol. The maximum absolute atomic E-state index is 4.46. The molecule has 0 bridgehead atoms. The Bertz CT molecular complexity index is 569. The molecule has 1 aromatic heterocycles. The minimum atomic E-state index is 0.802. The van der Waals surface area contributed by atoms with Gasteiger partial charge in [-0.3, -0.25) is 0 Å². The van der Waals surface area contributed by atoms with E-state index in [0.717, 1.165) is 43.4 Å². The van der Waals surface area contributed by atoms with Crippen LogP contribution in [0.1, 0.15) is 44.0 Å². The molecular weight excluding hydrogens is 284 g/mol. The Kier molecular flexibility index (Phi) is 7.37. The third kappa shape index (κ3) is 6.68. The van der Waals surface area contributed by atoms with Crippen molar-refractivity contribution in [1.82, 2.24) is 9.97 Å². The minimum Gasteiger partial charge on any atom is -0.370 e. The maximum Gasteiger partial charge on any atom is 0.131 e. The second kappa shape index (κ2) is 9.82. The van der Waals surface area contributed by atoms with Crippen LogP contribution in [0.4, 0.5) is 11.6 Å². The molecular formula is C19H28N4. The number of benzene rings is 1. The van der Waals surface area contributed by atoms with Crippen molar-refractivity contribution >= 4 is 11.6 Å². The molecule has 0 fully saturated rings. The SMILES string of the molecule is CCCCCNc1cc(NCCCc2ccccc2)nc(C)n1. The highest BCUT2D eigenvalue weighted by molar-refractivity contribution is 5.47. The first-order valence-electron chi connectivity index (χ1n) is 8.65. The lowest BCUT2D eigenvalue weighted by Gasteiger charge is -2.10. The monoisotopic (exact) mass is 312 g/mol. The standard InChI is InChI=1S/C19H28N4/c1-3-4-8-13-20-18-15-19(23-16(2)22-18)21-14-9-12-17-10-6-5-7-11-17/h5-7,10-11,15H,3-4,8-9,12-14H2,1-2H3,(H2,20,21,22,23). The van der Waals surface area contributed by atoms with Crippen LogP contribution < -0.4 is 10.6 Å². The fourth-order valence-electron chi connectivity index (χ4n) is 2.49. The van der Waals surface area contributed by atoms with Gasteiger partial charge in [0, 0.05) is 19.2 Å². The molecule has 0 unspecified atom stereocenters. The van der Waals surface area contributed by atoms with E-state index < -0.39 is 0 Å². The number of aryl methyl sites for hydroxylation is 2. The largest absolute Gasteiger partial charge is 0.370 e. The predicted octanol–water partition coefficient (Wildman–Crippen LogP) is 4.43. The summed E-state index contributed by atoms with van der Waals surface area (Å²) >= 11 is 0. The number of unbranched alkanes of at least 4 members (excludes halogenated alkanes) is 2. The second-order valence-electron chi connectivity index (χ2n) is 5.84. The summed E-state index contributed by atoms with van der Waals surface area (Å²) in [4.78, 5) is 8.91. The number of rotatable bonds is 10. The van der Waals surface area contributed by atoms with Gasteiger partial charge in [-0.25, -0.2) is 9.97 Å². The highest BCUT2D eigenvalue weighted by Gasteiger charge is 2.01. The molecule has 0 atom stereocenters. The van der Waals surface area contributed by atoms with E-state index in [1.54, 1.807) is 0 Å². The Labute approximate surface area is 139 Å². The molecule has 1 heterocycles. The van der Waals surface area contributed by atoms with Crippen molar-refractivity contribution in [2.24, 2.45) is 0 Å². The summed E-state index contributed by atoms with van der Waals surface area (Å²) in [6.45, 7) is 6.04. The number of hydrogen-bond acceptors (Lipinski definition) is 4. The molecule has 0 saturated heterocycles. The topological polar surface area (TPSA) is 49.8 Å². The molecule has 0 aliphatic heterocycles. The van der Waals surface area contributed by atoms with Crippen molar-refractivity contribution in [3.63, 3.8) is 0 Å². The second-order valence-corrected chi connectivity index (χ2v) is 5.84. The van der Waals surface area contributed by atoms with E-state index in [0.29, 0.717) is 0 Å². The molecule has 2 aromatic rings. The number of anilines is 2. The Hall–Kier alpha value is -2.10. The molecule has 2 N–H and O–H groups in total. The van der Waals surface area contributed by atoms with Crippen LogP contribution in [0.15, 0.2) is 36.4 Å². The molecule has 0 radical (unpaired) electrons. The van der Waals surface area contributed by atoms with Crippen LogP contribution >= 0.6 is 0 Å². The predicted molar refractivity (Wildman–Crippen MR) is 98.0 cm³/mol. The van der Waals surface area contributed by atoms with Gasteiger partial charge in [0.15, 0.2) is 0 Å². The molecule has 1 aromatic carbocycles. The highest BCUT2D eigenvalue weighted by atomic mass is 15.1. The van der Waals surface area contributed by atoms with Gasteiger partial charge in [-0.05, 0) is 31.7 Å². The van der Waals surface area contributed by atoms with Crippen molar-refractivity contribution < 1.29 is 0 Å². The summed E-state index contributed by atoms with van der Waals surface area (Å²) in [7, 11) is 0. The zero-order valence-electron chi connectivity index (χ0n) is 14.3. The van der Waals surface area contributed by atoms with Gasteiger partial charge in [0.25, 0.3) is 0 Å². The molecule has 0 amide bonds. The van der Waals surface area contributed by atoms with Gasteiger partial charge < -0.3 is 10.6 Å². The summed E-state index contributed by atoms with van der Waals surface area (Å²) in [5.41, 5.74) is 1.38. The smallest absolute Gasteiger partial charge is 0.131 e. The van der Waals surface area contributed by atoms with E-state index in [9.17, 15) is 0 Å². The molecule has 4 nitrogen and oxygen atoms in total. The number of hydrogen-bond donors (Lipinski definition) is 2. The highest BCUT2D eigenvalue weighted by Crippen LogP contribution is 2.12. The van der Waals surface area contributed by atoms with Gasteiger partial charge in [0.05, 0.1) is 0 Å². The van der Waals surface area contributed by atoms with Crippen molar-refractivity contribution in [2.45, 2.75) is 46.0 Å². The van der Waals surface area contributed by atoms with E-state index in [1.807, 2.05) is 13.0 Å². The molecule has 2 rings (SSSR count). The summed E-state index contributed by atoms with van der Waals surface area (Å²) in [6.07, 6.45) is 5.84. The molecule has 4 heteroatoms. The summed E-state index contributed by atoms with van der Waals surface area (Å²) in [5, 5.41) is 6.79. The van der Waals surface area contributed by atoms with Gasteiger partial charge in [-0.15, -0.1) is 0 Å². The third-order valence-corrected chi connectivity index (χ3v) is 3.72. The fraction of sp³-hybridized carbons (Fsp3) is 0.474. The van der Waals surface area contributed by atoms with E-state index in [-0.39, 0.29) is 0 Å². The summed E-state index contributed by atoms with van der Waals surface area (Å²) in [6, 6.07) is 12.6. The summed E-state index contributed by atoms with van der Waals surface area (Å²) < 4.78 is 0. The Balaban J connectivity index is 1.76. The lowest BCUT2D eigenvalue weighted by molar-refractivity contribution is 0.741. The van der Waals surface area contributed by atoms with Crippen molar-refractivity contribution in [2.75, 3.05) is 23.7 Å². The summed E-state index contributed by atoms with van der Waals surface area (Å²) in [5.74, 6) is 2.62. The Morgan fingerprint density at radius 1 is 0.870 bits per heavy atom. The maximum atomic E-state index is 4.46. The first-order valence-corrected chi connectivity index (χ1v) is 8.65. The van der Waals surface area contributed by atoms with Crippen LogP contribution in [0.5, 0.6) is 0 Å². The van der Waals surface area contributed by atoms with E-state index in [2.05, 4.69) is 57.9 Å². The molecule has 23 heavy (non-hydrogen) atoms. The first kappa shape index (κ1) is 17.3. The van der Waals surface area contributed by atoms with E-state index in [1.165, 1.54) is 24.8 Å². The van der Waals surface area contributed by atoms with Crippen molar-refractivity contribution in [3.8, 4) is 0 Å². The lowest BCUT2D eigenvalue weighted by Crippen LogP contribution is -2.09. The number of nitrogens with zero attached hydrogens (tertiary/aromatic N) is 2. The molecule has 124 valence electrons. The number of aromatic nitrogens is 2. The first-order chi connectivity index (χ1) is 11.3. The number of nitrogens with one attached hydrogen (secondary N) is 2. The van der Waals surface area contributed by atoms with Gasteiger partial charge in [0.2, 0.25) is 0 Å². The fourth-order valence-corrected chi connectivity index (χ4v) is 2.49. The minimum absolute atomic E-state index is 0.802. The van der Waals surface area contributed by atoms with Crippen molar-refractivity contribution in [3.05, 3.63) is 47.8 Å². The zero-order chi connectivity index (χ0) is 16.3. The lowest BCUT2D eigenvalue weighted by atomic mass is 10.1. The van der Waals surface area contributed by atoms with Crippen LogP contribution in [0, 0.1) is 6.92 Å². The Morgan fingerprint density at radius 2 is 1.52 bits per heavy atom. The van der Waals surface area contributed by atoms with Gasteiger partial charge in [-0.1, -0.05) is 50.1 Å². The van der Waals surface area contributed by atoms with E-state index in [4.69, 9.17) is 0 Å². The molecule has 0 aliphatic carbocycles.